The molecule has 8 nitrogen and oxygen atoms in total. The molecule has 0 atom stereocenters. The number of thiocarbonyl (C=S) groups is 1. The lowest BCUT2D eigenvalue weighted by molar-refractivity contribution is -0.131. The number of piperazine rings is 1. The van der Waals surface area contributed by atoms with Gasteiger partial charge in [-0.1, -0.05) is 6.92 Å². The fraction of sp³-hybridized carbons (Fsp3) is 0.423. The van der Waals surface area contributed by atoms with Crippen molar-refractivity contribution in [2.45, 2.75) is 33.6 Å². The third-order valence-corrected chi connectivity index (χ3v) is 5.78. The molecule has 1 heterocycles. The summed E-state index contributed by atoms with van der Waals surface area (Å²) in [7, 11) is 0. The van der Waals surface area contributed by atoms with Gasteiger partial charge in [0.1, 0.15) is 11.5 Å². The van der Waals surface area contributed by atoms with Crippen LogP contribution in [0, 0.1) is 0 Å². The molecule has 9 heteroatoms. The van der Waals surface area contributed by atoms with E-state index in [4.69, 9.17) is 21.7 Å². The van der Waals surface area contributed by atoms with Crippen molar-refractivity contribution >= 4 is 40.5 Å². The van der Waals surface area contributed by atoms with E-state index in [1.807, 2.05) is 49.9 Å². The van der Waals surface area contributed by atoms with Gasteiger partial charge in [0.25, 0.3) is 5.91 Å². The lowest BCUT2D eigenvalue weighted by Gasteiger charge is -2.36. The molecule has 0 unspecified atom stereocenters. The Hall–Kier alpha value is -3.33. The molecule has 0 aromatic heterocycles. The summed E-state index contributed by atoms with van der Waals surface area (Å²) < 4.78 is 11.1. The van der Waals surface area contributed by atoms with Gasteiger partial charge in [-0.05, 0) is 68.9 Å². The van der Waals surface area contributed by atoms with Crippen molar-refractivity contribution in [1.82, 2.24) is 10.2 Å². The first kappa shape index (κ1) is 26.3. The van der Waals surface area contributed by atoms with Gasteiger partial charge in [-0.3, -0.25) is 14.9 Å². The summed E-state index contributed by atoms with van der Waals surface area (Å²) in [6.07, 6.45) is 1.49. The van der Waals surface area contributed by atoms with Gasteiger partial charge in [0.2, 0.25) is 5.91 Å². The Bertz CT molecular complexity index is 996. The van der Waals surface area contributed by atoms with Crippen LogP contribution in [0.2, 0.25) is 0 Å². The Morgan fingerprint density at radius 2 is 1.51 bits per heavy atom. The fourth-order valence-electron chi connectivity index (χ4n) is 3.88. The number of anilines is 2. The van der Waals surface area contributed by atoms with Gasteiger partial charge in [0.15, 0.2) is 5.11 Å². The Morgan fingerprint density at radius 1 is 0.914 bits per heavy atom. The smallest absolute Gasteiger partial charge is 0.257 e. The number of benzene rings is 2. The quantitative estimate of drug-likeness (QED) is 0.505. The SMILES string of the molecule is CCCC(=O)N1CCN(c2ccc(NC(=S)NC(=O)c3cc(OCC)cc(OCC)c3)cc2)CC1. The van der Waals surface area contributed by atoms with Crippen molar-refractivity contribution in [1.29, 1.82) is 0 Å². The molecule has 1 aliphatic heterocycles. The van der Waals surface area contributed by atoms with Crippen molar-refractivity contribution in [2.24, 2.45) is 0 Å². The normalized spacial score (nSPS) is 13.2. The zero-order chi connectivity index (χ0) is 25.2. The second-order valence-electron chi connectivity index (χ2n) is 8.13. The van der Waals surface area contributed by atoms with Crippen molar-refractivity contribution in [3.8, 4) is 11.5 Å². The molecule has 2 aromatic carbocycles. The van der Waals surface area contributed by atoms with Crippen LogP contribution in [0.1, 0.15) is 44.0 Å². The molecule has 0 radical (unpaired) electrons. The number of hydrogen-bond donors (Lipinski definition) is 2. The summed E-state index contributed by atoms with van der Waals surface area (Å²) in [6.45, 7) is 9.85. The number of carbonyl (C=O) groups excluding carboxylic acids is 2. The first-order valence-electron chi connectivity index (χ1n) is 12.1. The van der Waals surface area contributed by atoms with Crippen molar-refractivity contribution in [3.63, 3.8) is 0 Å². The Balaban J connectivity index is 1.54. The number of nitrogens with zero attached hydrogens (tertiary/aromatic N) is 2. The van der Waals surface area contributed by atoms with Gasteiger partial charge in [-0.15, -0.1) is 0 Å². The van der Waals surface area contributed by atoms with Crippen molar-refractivity contribution in [2.75, 3.05) is 49.6 Å². The molecule has 0 spiro atoms. The number of hydrogen-bond acceptors (Lipinski definition) is 6. The second kappa shape index (κ2) is 12.9. The van der Waals surface area contributed by atoms with Crippen LogP contribution in [-0.2, 0) is 4.79 Å². The van der Waals surface area contributed by atoms with Gasteiger partial charge in [-0.2, -0.15) is 0 Å². The monoisotopic (exact) mass is 498 g/mol. The van der Waals surface area contributed by atoms with E-state index in [0.29, 0.717) is 36.7 Å². The van der Waals surface area contributed by atoms with Crippen LogP contribution in [0.25, 0.3) is 0 Å². The highest BCUT2D eigenvalue weighted by atomic mass is 32.1. The topological polar surface area (TPSA) is 83.1 Å². The largest absolute Gasteiger partial charge is 0.494 e. The van der Waals surface area contributed by atoms with Crippen molar-refractivity contribution in [3.05, 3.63) is 48.0 Å². The summed E-state index contributed by atoms with van der Waals surface area (Å²) in [5, 5.41) is 5.96. The molecular formula is C26H34N4O4S. The summed E-state index contributed by atoms with van der Waals surface area (Å²) in [5.74, 6) is 1.01. The number of carbonyl (C=O) groups is 2. The van der Waals surface area contributed by atoms with E-state index in [2.05, 4.69) is 15.5 Å². The van der Waals surface area contributed by atoms with E-state index in [9.17, 15) is 9.59 Å². The molecule has 2 aromatic rings. The van der Waals surface area contributed by atoms with Crippen molar-refractivity contribution < 1.29 is 19.1 Å². The van der Waals surface area contributed by atoms with Gasteiger partial charge in [-0.25, -0.2) is 0 Å². The second-order valence-corrected chi connectivity index (χ2v) is 8.54. The number of rotatable bonds is 9. The lowest BCUT2D eigenvalue weighted by Crippen LogP contribution is -2.48. The molecule has 35 heavy (non-hydrogen) atoms. The predicted molar refractivity (Wildman–Crippen MR) is 143 cm³/mol. The van der Waals surface area contributed by atoms with Gasteiger partial charge in [0, 0.05) is 55.6 Å². The lowest BCUT2D eigenvalue weighted by atomic mass is 10.2. The van der Waals surface area contributed by atoms with Gasteiger partial charge >= 0.3 is 0 Å². The van der Waals surface area contributed by atoms with Crippen LogP contribution < -0.4 is 25.0 Å². The minimum atomic E-state index is -0.350. The van der Waals surface area contributed by atoms with E-state index in [1.165, 1.54) is 0 Å². The molecule has 2 N–H and O–H groups in total. The van der Waals surface area contributed by atoms with Crippen LogP contribution in [0.15, 0.2) is 42.5 Å². The Morgan fingerprint density at radius 3 is 2.06 bits per heavy atom. The molecule has 0 saturated carbocycles. The first-order chi connectivity index (χ1) is 16.9. The third kappa shape index (κ3) is 7.58. The van der Waals surface area contributed by atoms with Gasteiger partial charge in [0.05, 0.1) is 13.2 Å². The number of amides is 2. The first-order valence-corrected chi connectivity index (χ1v) is 12.5. The maximum Gasteiger partial charge on any atom is 0.257 e. The molecule has 1 aliphatic rings. The van der Waals surface area contributed by atoms with E-state index < -0.39 is 0 Å². The predicted octanol–water partition coefficient (Wildman–Crippen LogP) is 4.06. The van der Waals surface area contributed by atoms with Crippen LogP contribution in [0.4, 0.5) is 11.4 Å². The minimum absolute atomic E-state index is 0.200. The third-order valence-electron chi connectivity index (χ3n) is 5.58. The molecule has 1 fully saturated rings. The summed E-state index contributed by atoms with van der Waals surface area (Å²) in [4.78, 5) is 29.0. The number of nitrogens with one attached hydrogen (secondary N) is 2. The summed E-state index contributed by atoms with van der Waals surface area (Å²) in [5.41, 5.74) is 2.26. The molecule has 0 bridgehead atoms. The zero-order valence-electron chi connectivity index (χ0n) is 20.6. The van der Waals surface area contributed by atoms with Crippen LogP contribution >= 0.6 is 12.2 Å². The minimum Gasteiger partial charge on any atom is -0.494 e. The standard InChI is InChI=1S/C26H34N4O4S/c1-4-7-24(31)30-14-12-29(13-15-30)21-10-8-20(9-11-21)27-26(35)28-25(32)19-16-22(33-5-2)18-23(17-19)34-6-3/h8-11,16-18H,4-7,12-15H2,1-3H3,(H2,27,28,32,35). The maximum absolute atomic E-state index is 12.7. The average molecular weight is 499 g/mol. The highest BCUT2D eigenvalue weighted by Gasteiger charge is 2.20. The molecule has 188 valence electrons. The summed E-state index contributed by atoms with van der Waals surface area (Å²) in [6, 6.07) is 12.9. The van der Waals surface area contributed by atoms with Crippen LogP contribution in [-0.4, -0.2) is 61.2 Å². The fourth-order valence-corrected chi connectivity index (χ4v) is 4.09. The van der Waals surface area contributed by atoms with E-state index in [-0.39, 0.29) is 16.9 Å². The van der Waals surface area contributed by atoms with E-state index >= 15 is 0 Å². The molecular weight excluding hydrogens is 464 g/mol. The molecule has 1 saturated heterocycles. The highest BCUT2D eigenvalue weighted by Crippen LogP contribution is 2.24. The van der Waals surface area contributed by atoms with E-state index in [0.717, 1.165) is 44.0 Å². The van der Waals surface area contributed by atoms with Crippen LogP contribution in [0.5, 0.6) is 11.5 Å². The summed E-state index contributed by atoms with van der Waals surface area (Å²) >= 11 is 5.34. The average Bonchev–Trinajstić information content (AvgIpc) is 2.85. The maximum atomic E-state index is 12.7. The molecule has 3 rings (SSSR count). The van der Waals surface area contributed by atoms with E-state index in [1.54, 1.807) is 18.2 Å². The Kier molecular flexibility index (Phi) is 9.72. The molecule has 2 amide bonds. The Labute approximate surface area is 212 Å². The van der Waals surface area contributed by atoms with Crippen LogP contribution in [0.3, 0.4) is 0 Å². The highest BCUT2D eigenvalue weighted by molar-refractivity contribution is 7.80. The zero-order valence-corrected chi connectivity index (χ0v) is 21.5. The number of ether oxygens (including phenoxy) is 2. The molecule has 0 aliphatic carbocycles. The van der Waals surface area contributed by atoms with Gasteiger partial charge < -0.3 is 24.6 Å².